The molecule has 126 valence electrons. The van der Waals surface area contributed by atoms with Gasteiger partial charge in [0.2, 0.25) is 0 Å². The van der Waals surface area contributed by atoms with Crippen LogP contribution in [0.2, 0.25) is 0 Å². The molecular formula is C18H18Br2N2OS. The Bertz CT molecular complexity index is 869. The van der Waals surface area contributed by atoms with E-state index in [0.717, 1.165) is 31.8 Å². The third-order valence-corrected chi connectivity index (χ3v) is 4.99. The van der Waals surface area contributed by atoms with Gasteiger partial charge in [0.25, 0.3) is 0 Å². The molecule has 0 bridgehead atoms. The highest BCUT2D eigenvalue weighted by atomic mass is 79.9. The lowest BCUT2D eigenvalue weighted by Gasteiger charge is -2.08. The monoisotopic (exact) mass is 468 g/mol. The summed E-state index contributed by atoms with van der Waals surface area (Å²) < 4.78 is 3.12. The van der Waals surface area contributed by atoms with Crippen LogP contribution in [-0.4, -0.2) is 16.3 Å². The molecule has 1 aromatic heterocycles. The van der Waals surface area contributed by atoms with Gasteiger partial charge in [0, 0.05) is 16.4 Å². The molecule has 0 aliphatic heterocycles. The van der Waals surface area contributed by atoms with E-state index < -0.39 is 0 Å². The molecule has 3 nitrogen and oxygen atoms in total. The highest BCUT2D eigenvalue weighted by Gasteiger charge is 2.08. The molecule has 0 radical (unpaired) electrons. The highest BCUT2D eigenvalue weighted by molar-refractivity contribution is 9.10. The lowest BCUT2D eigenvalue weighted by Crippen LogP contribution is -2.17. The molecule has 6 heteroatoms. The number of hydrogen-bond acceptors (Lipinski definition) is 3. The van der Waals surface area contributed by atoms with Crippen LogP contribution < -0.4 is 4.80 Å². The number of rotatable bonds is 4. The van der Waals surface area contributed by atoms with Crippen molar-refractivity contribution in [2.24, 2.45) is 4.99 Å². The summed E-state index contributed by atoms with van der Waals surface area (Å²) >= 11 is 5.05. The topological polar surface area (TPSA) is 37.5 Å². The van der Waals surface area contributed by atoms with Crippen LogP contribution in [-0.2, 0) is 6.54 Å². The van der Waals surface area contributed by atoms with E-state index in [1.54, 1.807) is 11.3 Å². The maximum absolute atomic E-state index is 9.43. The van der Waals surface area contributed by atoms with Gasteiger partial charge >= 0.3 is 0 Å². The van der Waals surface area contributed by atoms with Crippen LogP contribution in [0.3, 0.4) is 0 Å². The Balaban J connectivity index is 0.00000208. The third kappa shape index (κ3) is 4.25. The number of aliphatic hydroxyl groups excluding tert-OH is 1. The van der Waals surface area contributed by atoms with Crippen molar-refractivity contribution in [3.8, 4) is 11.3 Å². The molecule has 0 saturated heterocycles. The van der Waals surface area contributed by atoms with Crippen molar-refractivity contribution in [1.29, 1.82) is 0 Å². The van der Waals surface area contributed by atoms with Crippen molar-refractivity contribution in [3.63, 3.8) is 0 Å². The van der Waals surface area contributed by atoms with Crippen molar-refractivity contribution in [2.75, 3.05) is 6.61 Å². The minimum absolute atomic E-state index is 0. The first-order valence-corrected chi connectivity index (χ1v) is 9.02. The third-order valence-electron chi connectivity index (χ3n) is 3.59. The second-order valence-corrected chi connectivity index (χ2v) is 6.94. The van der Waals surface area contributed by atoms with Gasteiger partial charge < -0.3 is 9.67 Å². The first kappa shape index (κ1) is 19.1. The minimum Gasteiger partial charge on any atom is -0.395 e. The van der Waals surface area contributed by atoms with Crippen LogP contribution in [0.25, 0.3) is 11.3 Å². The van der Waals surface area contributed by atoms with Crippen molar-refractivity contribution >= 4 is 49.9 Å². The van der Waals surface area contributed by atoms with Crippen molar-refractivity contribution in [3.05, 3.63) is 68.7 Å². The van der Waals surface area contributed by atoms with Crippen LogP contribution >= 0.6 is 44.2 Å². The number of nitrogens with zero attached hydrogens (tertiary/aromatic N) is 2. The van der Waals surface area contributed by atoms with Gasteiger partial charge in [0.1, 0.15) is 0 Å². The van der Waals surface area contributed by atoms with Gasteiger partial charge in [-0.05, 0) is 36.2 Å². The van der Waals surface area contributed by atoms with E-state index in [9.17, 15) is 5.11 Å². The lowest BCUT2D eigenvalue weighted by molar-refractivity contribution is 0.275. The Labute approximate surface area is 164 Å². The first-order valence-electron chi connectivity index (χ1n) is 7.34. The number of thiazole rings is 1. The van der Waals surface area contributed by atoms with Gasteiger partial charge in [-0.3, -0.25) is 0 Å². The summed E-state index contributed by atoms with van der Waals surface area (Å²) in [5, 5.41) is 11.5. The lowest BCUT2D eigenvalue weighted by atomic mass is 10.2. The summed E-state index contributed by atoms with van der Waals surface area (Å²) in [7, 11) is 0. The molecule has 0 amide bonds. The summed E-state index contributed by atoms with van der Waals surface area (Å²) in [4.78, 5) is 5.68. The molecular weight excluding hydrogens is 452 g/mol. The maximum Gasteiger partial charge on any atom is 0.190 e. The van der Waals surface area contributed by atoms with Gasteiger partial charge in [-0.25, -0.2) is 4.99 Å². The van der Waals surface area contributed by atoms with Gasteiger partial charge in [0.15, 0.2) is 4.80 Å². The Morgan fingerprint density at radius 2 is 1.83 bits per heavy atom. The van der Waals surface area contributed by atoms with Crippen LogP contribution in [0, 0.1) is 6.92 Å². The largest absolute Gasteiger partial charge is 0.395 e. The number of aryl methyl sites for hydroxylation is 1. The number of halogens is 2. The summed E-state index contributed by atoms with van der Waals surface area (Å²) in [5.41, 5.74) is 4.29. The molecule has 3 rings (SSSR count). The zero-order chi connectivity index (χ0) is 16.2. The average molecular weight is 470 g/mol. The zero-order valence-electron chi connectivity index (χ0n) is 13.1. The van der Waals surface area contributed by atoms with Gasteiger partial charge in [-0.1, -0.05) is 46.3 Å². The van der Waals surface area contributed by atoms with E-state index in [1.165, 1.54) is 0 Å². The molecule has 0 aliphatic carbocycles. The fraction of sp³-hybridized carbons (Fsp3) is 0.167. The fourth-order valence-electron chi connectivity index (χ4n) is 2.38. The molecule has 0 atom stereocenters. The molecule has 3 aromatic rings. The van der Waals surface area contributed by atoms with E-state index in [4.69, 9.17) is 4.99 Å². The van der Waals surface area contributed by atoms with Crippen molar-refractivity contribution < 1.29 is 5.11 Å². The molecule has 0 unspecified atom stereocenters. The normalized spacial score (nSPS) is 11.4. The van der Waals surface area contributed by atoms with Crippen molar-refractivity contribution in [1.82, 2.24) is 4.57 Å². The quantitative estimate of drug-likeness (QED) is 0.567. The highest BCUT2D eigenvalue weighted by Crippen LogP contribution is 2.23. The first-order chi connectivity index (χ1) is 11.2. The summed E-state index contributed by atoms with van der Waals surface area (Å²) in [6.07, 6.45) is 0. The van der Waals surface area contributed by atoms with Crippen LogP contribution in [0.5, 0.6) is 0 Å². The molecule has 0 aliphatic rings. The van der Waals surface area contributed by atoms with Gasteiger partial charge in [-0.15, -0.1) is 28.3 Å². The number of aromatic nitrogens is 1. The van der Waals surface area contributed by atoms with E-state index in [0.29, 0.717) is 6.54 Å². The predicted octanol–water partition coefficient (Wildman–Crippen LogP) is 5.09. The van der Waals surface area contributed by atoms with E-state index in [1.807, 2.05) is 30.3 Å². The Kier molecular flexibility index (Phi) is 6.98. The van der Waals surface area contributed by atoms with Crippen molar-refractivity contribution in [2.45, 2.75) is 13.5 Å². The second-order valence-electron chi connectivity index (χ2n) is 5.18. The average Bonchev–Trinajstić information content (AvgIpc) is 2.94. The fourth-order valence-corrected chi connectivity index (χ4v) is 3.59. The Hall–Kier alpha value is -1.21. The SMILES string of the molecule is Br.Cc1ccccc1N=c1scc(-c2ccc(Br)cc2)n1CCO. The van der Waals surface area contributed by atoms with Crippen LogP contribution in [0.15, 0.2) is 63.4 Å². The number of para-hydroxylation sites is 1. The van der Waals surface area contributed by atoms with Gasteiger partial charge in [-0.2, -0.15) is 0 Å². The van der Waals surface area contributed by atoms with Gasteiger partial charge in [0.05, 0.1) is 18.0 Å². The predicted molar refractivity (Wildman–Crippen MR) is 109 cm³/mol. The standard InChI is InChI=1S/C18H17BrN2OS.BrH/c1-13-4-2-3-5-16(13)20-18-21(10-11-22)17(12-23-18)14-6-8-15(19)9-7-14;/h2-9,12,22H,10-11H2,1H3;1H. The smallest absolute Gasteiger partial charge is 0.190 e. The van der Waals surface area contributed by atoms with Crippen LogP contribution in [0.4, 0.5) is 5.69 Å². The summed E-state index contributed by atoms with van der Waals surface area (Å²) in [6, 6.07) is 16.2. The molecule has 0 saturated carbocycles. The molecule has 2 aromatic carbocycles. The van der Waals surface area contributed by atoms with E-state index in [2.05, 4.69) is 51.0 Å². The van der Waals surface area contributed by atoms with Crippen LogP contribution in [0.1, 0.15) is 5.56 Å². The molecule has 0 spiro atoms. The molecule has 1 heterocycles. The number of hydrogen-bond donors (Lipinski definition) is 1. The zero-order valence-corrected chi connectivity index (χ0v) is 17.3. The Morgan fingerprint density at radius 3 is 2.50 bits per heavy atom. The molecule has 24 heavy (non-hydrogen) atoms. The maximum atomic E-state index is 9.43. The number of aliphatic hydroxyl groups is 1. The minimum atomic E-state index is 0. The van der Waals surface area contributed by atoms with E-state index >= 15 is 0 Å². The summed E-state index contributed by atoms with van der Waals surface area (Å²) in [6.45, 7) is 2.67. The second kappa shape index (κ2) is 8.76. The number of benzene rings is 2. The molecule has 0 fully saturated rings. The Morgan fingerprint density at radius 1 is 1.12 bits per heavy atom. The molecule has 1 N–H and O–H groups in total. The summed E-state index contributed by atoms with van der Waals surface area (Å²) in [5.74, 6) is 0. The van der Waals surface area contributed by atoms with E-state index in [-0.39, 0.29) is 23.6 Å².